The number of hydrogen-bond acceptors (Lipinski definition) is 4. The Hall–Kier alpha value is -2.44. The van der Waals surface area contributed by atoms with E-state index in [9.17, 15) is 4.79 Å². The first-order valence-electron chi connectivity index (χ1n) is 8.65. The number of nitrogens with zero attached hydrogens (tertiary/aromatic N) is 1. The maximum Gasteiger partial charge on any atom is 0.257 e. The van der Waals surface area contributed by atoms with Crippen LogP contribution in [0, 0.1) is 13.8 Å². The van der Waals surface area contributed by atoms with Crippen molar-refractivity contribution in [1.29, 1.82) is 0 Å². The number of thiocarbonyl (C=S) groups is 1. The van der Waals surface area contributed by atoms with E-state index < -0.39 is 0 Å². The van der Waals surface area contributed by atoms with Gasteiger partial charge in [0.2, 0.25) is 0 Å². The number of nitrogens with one attached hydrogen (secondary N) is 2. The smallest absolute Gasteiger partial charge is 0.257 e. The molecule has 136 valence electrons. The number of aryl methyl sites for hydroxylation is 2. The first kappa shape index (κ1) is 18.4. The van der Waals surface area contributed by atoms with Crippen molar-refractivity contribution in [1.82, 2.24) is 5.32 Å². The zero-order valence-electron chi connectivity index (χ0n) is 15.0. The molecule has 0 aromatic heterocycles. The summed E-state index contributed by atoms with van der Waals surface area (Å²) in [4.78, 5) is 14.6. The molecule has 0 saturated carbocycles. The van der Waals surface area contributed by atoms with E-state index in [0.717, 1.165) is 48.8 Å². The van der Waals surface area contributed by atoms with Crippen LogP contribution in [0.25, 0.3) is 0 Å². The normalized spacial score (nSPS) is 14.0. The van der Waals surface area contributed by atoms with E-state index in [1.807, 2.05) is 56.3 Å². The number of anilines is 2. The van der Waals surface area contributed by atoms with Gasteiger partial charge >= 0.3 is 0 Å². The molecule has 0 unspecified atom stereocenters. The van der Waals surface area contributed by atoms with Gasteiger partial charge in [-0.1, -0.05) is 17.2 Å². The molecule has 0 spiro atoms. The van der Waals surface area contributed by atoms with Gasteiger partial charge in [-0.2, -0.15) is 0 Å². The summed E-state index contributed by atoms with van der Waals surface area (Å²) in [7, 11) is 0. The van der Waals surface area contributed by atoms with Crippen molar-refractivity contribution in [2.75, 3.05) is 36.5 Å². The molecule has 5 nitrogen and oxygen atoms in total. The maximum absolute atomic E-state index is 12.4. The first-order chi connectivity index (χ1) is 12.5. The van der Waals surface area contributed by atoms with Crippen molar-refractivity contribution in [2.24, 2.45) is 0 Å². The van der Waals surface area contributed by atoms with Crippen LogP contribution in [-0.2, 0) is 4.74 Å². The summed E-state index contributed by atoms with van der Waals surface area (Å²) in [5.74, 6) is -0.209. The second kappa shape index (κ2) is 8.29. The molecule has 1 amide bonds. The third kappa shape index (κ3) is 4.80. The van der Waals surface area contributed by atoms with Crippen molar-refractivity contribution in [3.05, 3.63) is 59.2 Å². The van der Waals surface area contributed by atoms with E-state index in [2.05, 4.69) is 15.5 Å². The van der Waals surface area contributed by atoms with Crippen LogP contribution in [0.1, 0.15) is 21.5 Å². The van der Waals surface area contributed by atoms with Crippen LogP contribution in [0.3, 0.4) is 0 Å². The molecule has 1 aliphatic rings. The lowest BCUT2D eigenvalue weighted by Gasteiger charge is -2.28. The largest absolute Gasteiger partial charge is 0.378 e. The Morgan fingerprint density at radius 1 is 1.04 bits per heavy atom. The Morgan fingerprint density at radius 2 is 1.65 bits per heavy atom. The Morgan fingerprint density at radius 3 is 2.27 bits per heavy atom. The van der Waals surface area contributed by atoms with E-state index in [4.69, 9.17) is 17.0 Å². The number of carbonyl (C=O) groups is 1. The molecule has 2 aromatic rings. The minimum Gasteiger partial charge on any atom is -0.378 e. The van der Waals surface area contributed by atoms with Gasteiger partial charge in [0, 0.05) is 30.0 Å². The van der Waals surface area contributed by atoms with Crippen LogP contribution in [0.15, 0.2) is 42.5 Å². The molecule has 2 aromatic carbocycles. The van der Waals surface area contributed by atoms with E-state index in [-0.39, 0.29) is 11.0 Å². The fourth-order valence-electron chi connectivity index (χ4n) is 3.02. The number of amides is 1. The van der Waals surface area contributed by atoms with E-state index in [1.54, 1.807) is 0 Å². The lowest BCUT2D eigenvalue weighted by Crippen LogP contribution is -2.36. The molecule has 2 N–H and O–H groups in total. The Balaban J connectivity index is 1.58. The molecule has 0 atom stereocenters. The predicted octanol–water partition coefficient (Wildman–Crippen LogP) is 3.27. The summed E-state index contributed by atoms with van der Waals surface area (Å²) >= 11 is 5.27. The average molecular weight is 369 g/mol. The lowest BCUT2D eigenvalue weighted by atomic mass is 10.1. The number of rotatable bonds is 3. The molecule has 0 bridgehead atoms. The van der Waals surface area contributed by atoms with Crippen LogP contribution < -0.4 is 15.5 Å². The van der Waals surface area contributed by atoms with E-state index >= 15 is 0 Å². The molecular weight excluding hydrogens is 346 g/mol. The molecule has 6 heteroatoms. The van der Waals surface area contributed by atoms with Gasteiger partial charge in [-0.3, -0.25) is 10.1 Å². The summed E-state index contributed by atoms with van der Waals surface area (Å²) in [5, 5.41) is 6.08. The van der Waals surface area contributed by atoms with Gasteiger partial charge in [-0.25, -0.2) is 0 Å². The standard InChI is InChI=1S/C20H23N3O2S/c1-14-11-15(2)13-16(12-14)19(24)22-20(26)21-17-3-5-18(6-4-17)23-7-9-25-10-8-23/h3-6,11-13H,7-10H2,1-2H3,(H2,21,22,24,26). The second-order valence-electron chi connectivity index (χ2n) is 6.43. The molecule has 0 aliphatic carbocycles. The van der Waals surface area contributed by atoms with Gasteiger partial charge in [0.25, 0.3) is 5.91 Å². The van der Waals surface area contributed by atoms with Crippen LogP contribution in [0.4, 0.5) is 11.4 Å². The lowest BCUT2D eigenvalue weighted by molar-refractivity contribution is 0.0977. The maximum atomic E-state index is 12.4. The molecule has 1 saturated heterocycles. The SMILES string of the molecule is Cc1cc(C)cc(C(=O)NC(=S)Nc2ccc(N3CCOCC3)cc2)c1. The topological polar surface area (TPSA) is 53.6 Å². The third-order valence-electron chi connectivity index (χ3n) is 4.21. The molecule has 3 rings (SSSR count). The van der Waals surface area contributed by atoms with Gasteiger partial charge in [0.1, 0.15) is 0 Å². The first-order valence-corrected chi connectivity index (χ1v) is 9.05. The predicted molar refractivity (Wildman–Crippen MR) is 109 cm³/mol. The second-order valence-corrected chi connectivity index (χ2v) is 6.84. The number of benzene rings is 2. The Labute approximate surface area is 159 Å². The van der Waals surface area contributed by atoms with Crippen molar-refractivity contribution < 1.29 is 9.53 Å². The van der Waals surface area contributed by atoms with E-state index in [0.29, 0.717) is 5.56 Å². The number of carbonyl (C=O) groups excluding carboxylic acids is 1. The van der Waals surface area contributed by atoms with Gasteiger partial charge in [0.15, 0.2) is 5.11 Å². The number of ether oxygens (including phenoxy) is 1. The highest BCUT2D eigenvalue weighted by atomic mass is 32.1. The fourth-order valence-corrected chi connectivity index (χ4v) is 3.23. The van der Waals surface area contributed by atoms with E-state index in [1.165, 1.54) is 0 Å². The Bertz CT molecular complexity index is 779. The van der Waals surface area contributed by atoms with Crippen LogP contribution in [-0.4, -0.2) is 37.3 Å². The average Bonchev–Trinajstić information content (AvgIpc) is 2.62. The molecule has 1 fully saturated rings. The zero-order chi connectivity index (χ0) is 18.5. The highest BCUT2D eigenvalue weighted by Gasteiger charge is 2.12. The molecular formula is C20H23N3O2S. The molecule has 1 aliphatic heterocycles. The van der Waals surface area contributed by atoms with Gasteiger partial charge in [-0.15, -0.1) is 0 Å². The monoisotopic (exact) mass is 369 g/mol. The molecule has 1 heterocycles. The minimum absolute atomic E-state index is 0.209. The van der Waals surface area contributed by atoms with Gasteiger partial charge in [0.05, 0.1) is 13.2 Å². The minimum atomic E-state index is -0.209. The van der Waals surface area contributed by atoms with Crippen LogP contribution >= 0.6 is 12.2 Å². The summed E-state index contributed by atoms with van der Waals surface area (Å²) < 4.78 is 5.37. The van der Waals surface area contributed by atoms with Crippen molar-refractivity contribution in [2.45, 2.75) is 13.8 Å². The van der Waals surface area contributed by atoms with Crippen LogP contribution in [0.5, 0.6) is 0 Å². The highest BCUT2D eigenvalue weighted by Crippen LogP contribution is 2.19. The fraction of sp³-hybridized carbons (Fsp3) is 0.300. The van der Waals surface area contributed by atoms with Crippen LogP contribution in [0.2, 0.25) is 0 Å². The Kier molecular flexibility index (Phi) is 5.85. The number of morpholine rings is 1. The molecule has 26 heavy (non-hydrogen) atoms. The third-order valence-corrected chi connectivity index (χ3v) is 4.42. The number of hydrogen-bond donors (Lipinski definition) is 2. The van der Waals surface area contributed by atoms with Crippen molar-refractivity contribution >= 4 is 34.6 Å². The molecule has 0 radical (unpaired) electrons. The van der Waals surface area contributed by atoms with Gasteiger partial charge < -0.3 is 15.0 Å². The van der Waals surface area contributed by atoms with Gasteiger partial charge in [-0.05, 0) is 62.5 Å². The quantitative estimate of drug-likeness (QED) is 0.814. The zero-order valence-corrected chi connectivity index (χ0v) is 15.9. The highest BCUT2D eigenvalue weighted by molar-refractivity contribution is 7.80. The summed E-state index contributed by atoms with van der Waals surface area (Å²) in [5.41, 5.74) is 4.70. The summed E-state index contributed by atoms with van der Waals surface area (Å²) in [6, 6.07) is 13.7. The van der Waals surface area contributed by atoms with Crippen molar-refractivity contribution in [3.8, 4) is 0 Å². The summed E-state index contributed by atoms with van der Waals surface area (Å²) in [6.07, 6.45) is 0. The summed E-state index contributed by atoms with van der Waals surface area (Å²) in [6.45, 7) is 7.25. The van der Waals surface area contributed by atoms with Crippen molar-refractivity contribution in [3.63, 3.8) is 0 Å².